The Morgan fingerprint density at radius 1 is 1.00 bits per heavy atom. The summed E-state index contributed by atoms with van der Waals surface area (Å²) in [7, 11) is 0. The van der Waals surface area contributed by atoms with Gasteiger partial charge in [-0.05, 0) is 56.1 Å². The highest BCUT2D eigenvalue weighted by Gasteiger charge is 2.47. The smallest absolute Gasteiger partial charge is 0.352 e. The first-order chi connectivity index (χ1) is 11.0. The Hall–Kier alpha value is -1.52. The summed E-state index contributed by atoms with van der Waals surface area (Å²) in [5.41, 5.74) is 0.388. The molecule has 0 amide bonds. The van der Waals surface area contributed by atoms with Gasteiger partial charge in [-0.2, -0.15) is 13.2 Å². The van der Waals surface area contributed by atoms with Gasteiger partial charge in [-0.1, -0.05) is 6.07 Å². The molecular weight excluding hydrogens is 301 g/mol. The lowest BCUT2D eigenvalue weighted by molar-refractivity contribution is -0.138. The standard InChI is InChI=1S/C18H19F3N2/c19-18(20,21)15-2-1-3-16-14(15)9-23-13-7-10-4-11(8-13)6-12(5-10)17(23)22-16/h1-3,10-13H,4-9H2. The lowest BCUT2D eigenvalue weighted by Crippen LogP contribution is -2.42. The highest BCUT2D eigenvalue weighted by Crippen LogP contribution is 2.51. The topological polar surface area (TPSA) is 15.6 Å². The number of benzene rings is 1. The highest BCUT2D eigenvalue weighted by atomic mass is 19.4. The molecule has 4 bridgehead atoms. The van der Waals surface area contributed by atoms with Crippen LogP contribution in [0.5, 0.6) is 0 Å². The second kappa shape index (κ2) is 4.52. The predicted molar refractivity (Wildman–Crippen MR) is 81.4 cm³/mol. The van der Waals surface area contributed by atoms with Gasteiger partial charge in [-0.15, -0.1) is 0 Å². The zero-order valence-corrected chi connectivity index (χ0v) is 12.8. The summed E-state index contributed by atoms with van der Waals surface area (Å²) in [6.45, 7) is 0.379. The number of fused-ring (bicyclic) bond motifs is 1. The Morgan fingerprint density at radius 2 is 1.74 bits per heavy atom. The van der Waals surface area contributed by atoms with Gasteiger partial charge < -0.3 is 4.90 Å². The molecule has 2 atom stereocenters. The Labute approximate surface area is 133 Å². The van der Waals surface area contributed by atoms with Crippen LogP contribution in [0.1, 0.15) is 43.2 Å². The molecule has 1 aromatic carbocycles. The maximum atomic E-state index is 13.4. The van der Waals surface area contributed by atoms with E-state index < -0.39 is 11.7 Å². The van der Waals surface area contributed by atoms with Gasteiger partial charge >= 0.3 is 6.18 Å². The normalized spacial score (nSPS) is 34.7. The van der Waals surface area contributed by atoms with Crippen LogP contribution < -0.4 is 0 Å². The van der Waals surface area contributed by atoms with Gasteiger partial charge in [0.2, 0.25) is 0 Å². The number of hydrogen-bond acceptors (Lipinski definition) is 2. The number of hydrogen-bond donors (Lipinski definition) is 0. The number of alkyl halides is 3. The van der Waals surface area contributed by atoms with Crippen LogP contribution in [0.15, 0.2) is 23.2 Å². The largest absolute Gasteiger partial charge is 0.416 e. The van der Waals surface area contributed by atoms with Gasteiger partial charge in [-0.3, -0.25) is 0 Å². The van der Waals surface area contributed by atoms with Crippen molar-refractivity contribution in [2.24, 2.45) is 22.7 Å². The summed E-state index contributed by atoms with van der Waals surface area (Å²) >= 11 is 0. The van der Waals surface area contributed by atoms with Gasteiger partial charge in [0.25, 0.3) is 0 Å². The van der Waals surface area contributed by atoms with Crippen molar-refractivity contribution in [1.29, 1.82) is 0 Å². The maximum Gasteiger partial charge on any atom is 0.416 e. The third-order valence-corrected chi connectivity index (χ3v) is 6.23. The fourth-order valence-electron chi connectivity index (χ4n) is 5.47. The number of halogens is 3. The number of nitrogens with zero attached hydrogens (tertiary/aromatic N) is 2. The van der Waals surface area contributed by atoms with E-state index in [0.29, 0.717) is 29.8 Å². The molecule has 2 unspecified atom stereocenters. The molecule has 2 saturated carbocycles. The van der Waals surface area contributed by atoms with Crippen LogP contribution in [0.2, 0.25) is 0 Å². The Morgan fingerprint density at radius 3 is 2.43 bits per heavy atom. The minimum absolute atomic E-state index is 0.366. The summed E-state index contributed by atoms with van der Waals surface area (Å²) in [4.78, 5) is 6.97. The molecule has 122 valence electrons. The molecule has 0 spiro atoms. The van der Waals surface area contributed by atoms with Gasteiger partial charge in [-0.25, -0.2) is 4.99 Å². The van der Waals surface area contributed by atoms with Crippen molar-refractivity contribution in [2.75, 3.05) is 0 Å². The number of rotatable bonds is 0. The van der Waals surface area contributed by atoms with Crippen LogP contribution in [0.4, 0.5) is 18.9 Å². The quantitative estimate of drug-likeness (QED) is 0.673. The molecule has 0 aromatic heterocycles. The molecule has 4 fully saturated rings. The molecule has 2 nitrogen and oxygen atoms in total. The fourth-order valence-corrected chi connectivity index (χ4v) is 5.47. The summed E-state index contributed by atoms with van der Waals surface area (Å²) in [5, 5.41) is 0. The van der Waals surface area contributed by atoms with E-state index >= 15 is 0 Å². The Balaban J connectivity index is 1.64. The minimum atomic E-state index is -4.30. The lowest BCUT2D eigenvalue weighted by atomic mass is 9.68. The van der Waals surface area contributed by atoms with Crippen LogP contribution in [-0.2, 0) is 12.7 Å². The highest BCUT2D eigenvalue weighted by molar-refractivity contribution is 5.90. The van der Waals surface area contributed by atoms with E-state index in [0.717, 1.165) is 30.5 Å². The third-order valence-electron chi connectivity index (χ3n) is 6.23. The summed E-state index contributed by atoms with van der Waals surface area (Å²) < 4.78 is 40.1. The van der Waals surface area contributed by atoms with Crippen molar-refractivity contribution in [3.8, 4) is 0 Å². The molecule has 5 aliphatic rings. The monoisotopic (exact) mass is 320 g/mol. The predicted octanol–water partition coefficient (Wildman–Crippen LogP) is 4.76. The Kier molecular flexibility index (Phi) is 2.73. The van der Waals surface area contributed by atoms with Crippen LogP contribution >= 0.6 is 0 Å². The summed E-state index contributed by atoms with van der Waals surface area (Å²) in [5.74, 6) is 3.02. The van der Waals surface area contributed by atoms with E-state index in [4.69, 9.17) is 4.99 Å². The van der Waals surface area contributed by atoms with Crippen molar-refractivity contribution in [1.82, 2.24) is 4.90 Å². The molecule has 0 radical (unpaired) electrons. The average molecular weight is 320 g/mol. The average Bonchev–Trinajstić information content (AvgIpc) is 2.66. The lowest BCUT2D eigenvalue weighted by Gasteiger charge is -2.39. The minimum Gasteiger partial charge on any atom is -0.352 e. The molecule has 0 N–H and O–H groups in total. The zero-order chi connectivity index (χ0) is 15.8. The fraction of sp³-hybridized carbons (Fsp3) is 0.611. The molecular formula is C18H19F3N2. The first-order valence-corrected chi connectivity index (χ1v) is 8.53. The maximum absolute atomic E-state index is 13.4. The van der Waals surface area contributed by atoms with Gasteiger partial charge in [0.15, 0.2) is 0 Å². The van der Waals surface area contributed by atoms with E-state index in [2.05, 4.69) is 4.90 Å². The molecule has 23 heavy (non-hydrogen) atoms. The van der Waals surface area contributed by atoms with Crippen molar-refractivity contribution in [3.63, 3.8) is 0 Å². The van der Waals surface area contributed by atoms with E-state index in [-0.39, 0.29) is 0 Å². The van der Waals surface area contributed by atoms with Crippen LogP contribution in [0.25, 0.3) is 0 Å². The first-order valence-electron chi connectivity index (χ1n) is 8.53. The molecule has 3 aliphatic heterocycles. The van der Waals surface area contributed by atoms with Crippen molar-refractivity contribution in [2.45, 2.75) is 50.9 Å². The number of amidine groups is 1. The molecule has 5 heteroatoms. The summed E-state index contributed by atoms with van der Waals surface area (Å²) in [6, 6.07) is 4.81. The third kappa shape index (κ3) is 2.05. The number of aliphatic imine (C=N–C) groups is 1. The zero-order valence-electron chi connectivity index (χ0n) is 12.8. The van der Waals surface area contributed by atoms with Gasteiger partial charge in [0, 0.05) is 24.1 Å². The van der Waals surface area contributed by atoms with Gasteiger partial charge in [0.1, 0.15) is 5.84 Å². The van der Waals surface area contributed by atoms with E-state index in [9.17, 15) is 13.2 Å². The second-order valence-corrected chi connectivity index (χ2v) is 7.66. The van der Waals surface area contributed by atoms with Crippen LogP contribution in [0, 0.1) is 17.8 Å². The molecule has 2 aliphatic carbocycles. The molecule has 6 rings (SSSR count). The van der Waals surface area contributed by atoms with Gasteiger partial charge in [0.05, 0.1) is 11.3 Å². The van der Waals surface area contributed by atoms with Crippen molar-refractivity contribution < 1.29 is 13.2 Å². The van der Waals surface area contributed by atoms with E-state index in [1.165, 1.54) is 31.4 Å². The molecule has 3 heterocycles. The van der Waals surface area contributed by atoms with Crippen LogP contribution in [-0.4, -0.2) is 16.8 Å². The first kappa shape index (κ1) is 13.9. The Bertz CT molecular complexity index is 680. The van der Waals surface area contributed by atoms with Crippen molar-refractivity contribution in [3.05, 3.63) is 29.3 Å². The molecule has 1 aromatic rings. The second-order valence-electron chi connectivity index (χ2n) is 7.66. The van der Waals surface area contributed by atoms with Crippen LogP contribution in [0.3, 0.4) is 0 Å². The summed E-state index contributed by atoms with van der Waals surface area (Å²) in [6.07, 6.45) is 1.63. The van der Waals surface area contributed by atoms with Crippen molar-refractivity contribution >= 4 is 11.5 Å². The SMILES string of the molecule is FC(F)(F)c1cccc2c1CN1C(=N2)C2CC3CC(C2)CC1C3. The van der Waals surface area contributed by atoms with E-state index in [1.54, 1.807) is 6.07 Å². The molecule has 2 saturated heterocycles. The van der Waals surface area contributed by atoms with E-state index in [1.807, 2.05) is 0 Å².